The second-order valence-corrected chi connectivity index (χ2v) is 9.54. The van der Waals surface area contributed by atoms with Gasteiger partial charge in [0.2, 0.25) is 0 Å². The van der Waals surface area contributed by atoms with E-state index in [0.717, 1.165) is 47.2 Å². The zero-order valence-corrected chi connectivity index (χ0v) is 19.3. The van der Waals surface area contributed by atoms with Gasteiger partial charge in [-0.05, 0) is 45.1 Å². The first-order valence-electron chi connectivity index (χ1n) is 11.3. The topological polar surface area (TPSA) is 72.7 Å². The quantitative estimate of drug-likeness (QED) is 0.439. The van der Waals surface area contributed by atoms with E-state index in [9.17, 15) is 4.79 Å². The van der Waals surface area contributed by atoms with Crippen molar-refractivity contribution < 1.29 is 4.79 Å². The molecule has 0 fully saturated rings. The van der Waals surface area contributed by atoms with Crippen LogP contribution in [0.25, 0.3) is 22.3 Å². The Morgan fingerprint density at radius 2 is 1.97 bits per heavy atom. The minimum Gasteiger partial charge on any atom is -0.352 e. The summed E-state index contributed by atoms with van der Waals surface area (Å²) in [7, 11) is 1.87. The lowest BCUT2D eigenvalue weighted by Crippen LogP contribution is -2.25. The van der Waals surface area contributed by atoms with Crippen molar-refractivity contribution >= 4 is 28.3 Å². The van der Waals surface area contributed by atoms with Crippen LogP contribution in [0.4, 0.5) is 0 Å². The number of thiazole rings is 1. The van der Waals surface area contributed by atoms with Gasteiger partial charge >= 0.3 is 0 Å². The van der Waals surface area contributed by atoms with E-state index >= 15 is 0 Å². The minimum absolute atomic E-state index is 0.0795. The van der Waals surface area contributed by atoms with Gasteiger partial charge in [0.1, 0.15) is 0 Å². The number of nitrogens with one attached hydrogen (secondary N) is 1. The fraction of sp³-hybridized carbons (Fsp3) is 0.360. The van der Waals surface area contributed by atoms with Crippen molar-refractivity contribution in [2.45, 2.75) is 45.4 Å². The summed E-state index contributed by atoms with van der Waals surface area (Å²) in [5, 5.41) is 9.63. The van der Waals surface area contributed by atoms with Gasteiger partial charge in [-0.3, -0.25) is 9.48 Å². The average molecular weight is 446 g/mol. The predicted octanol–water partition coefficient (Wildman–Crippen LogP) is 4.64. The highest BCUT2D eigenvalue weighted by Crippen LogP contribution is 2.28. The van der Waals surface area contributed by atoms with Gasteiger partial charge in [0.05, 0.1) is 33.0 Å². The molecule has 0 atom stereocenters. The van der Waals surface area contributed by atoms with E-state index in [1.54, 1.807) is 4.68 Å². The van der Waals surface area contributed by atoms with Gasteiger partial charge in [0, 0.05) is 30.5 Å². The maximum atomic E-state index is 13.2. The first kappa shape index (κ1) is 20.8. The molecule has 32 heavy (non-hydrogen) atoms. The molecule has 164 valence electrons. The zero-order valence-electron chi connectivity index (χ0n) is 18.5. The van der Waals surface area contributed by atoms with Gasteiger partial charge < -0.3 is 5.32 Å². The highest BCUT2D eigenvalue weighted by Gasteiger charge is 2.19. The Morgan fingerprint density at radius 3 is 2.78 bits per heavy atom. The molecule has 1 N–H and O–H groups in total. The van der Waals surface area contributed by atoms with Crippen LogP contribution in [0.1, 0.15) is 50.9 Å². The van der Waals surface area contributed by atoms with Gasteiger partial charge in [0.25, 0.3) is 5.91 Å². The minimum atomic E-state index is -0.0795. The third-order valence-electron chi connectivity index (χ3n) is 6.03. The maximum Gasteiger partial charge on any atom is 0.252 e. The van der Waals surface area contributed by atoms with Crippen LogP contribution in [-0.2, 0) is 26.3 Å². The van der Waals surface area contributed by atoms with Gasteiger partial charge in [-0.15, -0.1) is 11.3 Å². The summed E-state index contributed by atoms with van der Waals surface area (Å²) in [5.41, 5.74) is 5.23. The van der Waals surface area contributed by atoms with Crippen molar-refractivity contribution in [3.8, 4) is 11.3 Å². The van der Waals surface area contributed by atoms with Crippen LogP contribution in [0.2, 0.25) is 0 Å². The number of hydrogen-bond donors (Lipinski definition) is 1. The molecular formula is C25H27N5OS. The third-order valence-corrected chi connectivity index (χ3v) is 7.24. The van der Waals surface area contributed by atoms with E-state index in [4.69, 9.17) is 9.97 Å². The molecule has 3 aromatic heterocycles. The highest BCUT2D eigenvalue weighted by atomic mass is 32.1. The second-order valence-electron chi connectivity index (χ2n) is 8.37. The standard InChI is InChI=1S/C25H27N5OS/c1-16-23-18(15-20(17-9-4-3-5-10-17)28-24(23)30(2)29-16)25(31)26-14-8-13-22-27-19-11-6-7-12-21(19)32-22/h3-5,9-10,15H,6-8,11-14H2,1-2H3,(H,26,31). The van der Waals surface area contributed by atoms with E-state index < -0.39 is 0 Å². The molecule has 0 radical (unpaired) electrons. The van der Waals surface area contributed by atoms with Crippen molar-refractivity contribution in [2.24, 2.45) is 7.05 Å². The summed E-state index contributed by atoms with van der Waals surface area (Å²) in [5.74, 6) is -0.0795. The normalized spacial score (nSPS) is 13.3. The van der Waals surface area contributed by atoms with E-state index in [1.807, 2.05) is 61.7 Å². The number of amides is 1. The molecule has 1 aliphatic rings. The maximum absolute atomic E-state index is 13.2. The molecule has 5 rings (SSSR count). The Bertz CT molecular complexity index is 1250. The summed E-state index contributed by atoms with van der Waals surface area (Å²) in [6.07, 6.45) is 6.62. The van der Waals surface area contributed by atoms with Crippen molar-refractivity contribution in [1.82, 2.24) is 25.1 Å². The molecule has 0 unspecified atom stereocenters. The lowest BCUT2D eigenvalue weighted by atomic mass is 10.0. The number of benzene rings is 1. The number of hydrogen-bond acceptors (Lipinski definition) is 5. The van der Waals surface area contributed by atoms with Crippen LogP contribution in [0.5, 0.6) is 0 Å². The van der Waals surface area contributed by atoms with Crippen LogP contribution in [0.15, 0.2) is 36.4 Å². The molecule has 0 saturated carbocycles. The van der Waals surface area contributed by atoms with Crippen LogP contribution < -0.4 is 5.32 Å². The molecule has 0 bridgehead atoms. The fourth-order valence-electron chi connectivity index (χ4n) is 4.43. The summed E-state index contributed by atoms with van der Waals surface area (Å²) in [6, 6.07) is 11.8. The molecule has 0 saturated heterocycles. The third kappa shape index (κ3) is 4.05. The smallest absolute Gasteiger partial charge is 0.252 e. The van der Waals surface area contributed by atoms with Crippen LogP contribution in [0, 0.1) is 6.92 Å². The Hall–Kier alpha value is -3.06. The molecule has 7 heteroatoms. The number of pyridine rings is 1. The largest absolute Gasteiger partial charge is 0.352 e. The Kier molecular flexibility index (Phi) is 5.74. The molecule has 3 heterocycles. The fourth-order valence-corrected chi connectivity index (χ4v) is 5.63. The van der Waals surface area contributed by atoms with Crippen LogP contribution >= 0.6 is 11.3 Å². The molecule has 1 aromatic carbocycles. The number of carbonyl (C=O) groups is 1. The summed E-state index contributed by atoms with van der Waals surface area (Å²) >= 11 is 1.85. The molecule has 0 aliphatic heterocycles. The van der Waals surface area contributed by atoms with Crippen LogP contribution in [-0.4, -0.2) is 32.2 Å². The number of fused-ring (bicyclic) bond motifs is 2. The average Bonchev–Trinajstić information content (AvgIpc) is 3.36. The van der Waals surface area contributed by atoms with Crippen molar-refractivity contribution in [2.75, 3.05) is 6.54 Å². The molecule has 1 aliphatic carbocycles. The molecule has 4 aromatic rings. The van der Waals surface area contributed by atoms with Crippen LogP contribution in [0.3, 0.4) is 0 Å². The predicted molar refractivity (Wildman–Crippen MR) is 128 cm³/mol. The van der Waals surface area contributed by atoms with Gasteiger partial charge in [-0.1, -0.05) is 30.3 Å². The van der Waals surface area contributed by atoms with E-state index in [-0.39, 0.29) is 5.91 Å². The Morgan fingerprint density at radius 1 is 1.16 bits per heavy atom. The van der Waals surface area contributed by atoms with Gasteiger partial charge in [0.15, 0.2) is 5.65 Å². The molecule has 6 nitrogen and oxygen atoms in total. The summed E-state index contributed by atoms with van der Waals surface area (Å²) in [4.78, 5) is 24.3. The van der Waals surface area contributed by atoms with Gasteiger partial charge in [-0.25, -0.2) is 9.97 Å². The van der Waals surface area contributed by atoms with Gasteiger partial charge in [-0.2, -0.15) is 5.10 Å². The number of rotatable bonds is 6. The molecule has 0 spiro atoms. The first-order chi connectivity index (χ1) is 15.6. The second kappa shape index (κ2) is 8.82. The monoisotopic (exact) mass is 445 g/mol. The van der Waals surface area contributed by atoms with E-state index in [1.165, 1.54) is 34.8 Å². The number of aryl methyl sites for hydroxylation is 5. The number of aromatic nitrogens is 4. The summed E-state index contributed by atoms with van der Waals surface area (Å²) in [6.45, 7) is 2.54. The van der Waals surface area contributed by atoms with E-state index in [2.05, 4.69) is 10.4 Å². The van der Waals surface area contributed by atoms with Crippen molar-refractivity contribution in [3.05, 3.63) is 63.2 Å². The lowest BCUT2D eigenvalue weighted by Gasteiger charge is -2.09. The van der Waals surface area contributed by atoms with Crippen molar-refractivity contribution in [3.63, 3.8) is 0 Å². The molecule has 1 amide bonds. The first-order valence-corrected chi connectivity index (χ1v) is 12.1. The lowest BCUT2D eigenvalue weighted by molar-refractivity contribution is 0.0955. The Balaban J connectivity index is 1.33. The Labute approximate surface area is 191 Å². The zero-order chi connectivity index (χ0) is 22.1. The number of nitrogens with zero attached hydrogens (tertiary/aromatic N) is 4. The SMILES string of the molecule is Cc1nn(C)c2nc(-c3ccccc3)cc(C(=O)NCCCc3nc4c(s3)CCCC4)c12. The number of carbonyl (C=O) groups excluding carboxylic acids is 1. The molecular weight excluding hydrogens is 418 g/mol. The highest BCUT2D eigenvalue weighted by molar-refractivity contribution is 7.11. The summed E-state index contributed by atoms with van der Waals surface area (Å²) < 4.78 is 1.75. The van der Waals surface area contributed by atoms with E-state index in [0.29, 0.717) is 12.1 Å². The van der Waals surface area contributed by atoms with Crippen molar-refractivity contribution in [1.29, 1.82) is 0 Å².